The maximum atomic E-state index is 12.2. The smallest absolute Gasteiger partial charge is 0.317 e. The number of hydrogen-bond donors (Lipinski definition) is 0. The number of hydrogen-bond acceptors (Lipinski definition) is 6. The average molecular weight is 318 g/mol. The van der Waals surface area contributed by atoms with E-state index >= 15 is 0 Å². The van der Waals surface area contributed by atoms with Gasteiger partial charge in [-0.15, -0.1) is 0 Å². The van der Waals surface area contributed by atoms with Crippen LogP contribution in [0.5, 0.6) is 0 Å². The van der Waals surface area contributed by atoms with Crippen LogP contribution in [0.1, 0.15) is 12.8 Å². The van der Waals surface area contributed by atoms with Crippen molar-refractivity contribution in [2.45, 2.75) is 12.8 Å². The molecule has 5 fully saturated rings. The van der Waals surface area contributed by atoms with Gasteiger partial charge >= 0.3 is 17.9 Å². The van der Waals surface area contributed by atoms with Gasteiger partial charge in [-0.25, -0.2) is 0 Å². The number of carbonyl (C=O) groups is 4. The molecule has 10 atom stereocenters. The fraction of sp³-hybridized carbons (Fsp3) is 0.765. The molecule has 0 aromatic rings. The molecule has 6 heteroatoms. The van der Waals surface area contributed by atoms with E-state index < -0.39 is 0 Å². The third-order valence-electron chi connectivity index (χ3n) is 7.57. The van der Waals surface area contributed by atoms with E-state index in [-0.39, 0.29) is 77.1 Å². The van der Waals surface area contributed by atoms with Crippen LogP contribution < -0.4 is 0 Å². The van der Waals surface area contributed by atoms with Gasteiger partial charge in [0, 0.05) is 5.92 Å². The molecular formula is C17H18O6. The van der Waals surface area contributed by atoms with Gasteiger partial charge in [-0.3, -0.25) is 14.4 Å². The highest BCUT2D eigenvalue weighted by Crippen LogP contribution is 2.73. The van der Waals surface area contributed by atoms with Crippen molar-refractivity contribution in [2.24, 2.45) is 59.2 Å². The van der Waals surface area contributed by atoms with Gasteiger partial charge in [-0.05, 0) is 48.3 Å². The number of cyclic esters (lactones) is 2. The normalized spacial score (nSPS) is 54.8. The molecule has 0 N–H and O–H groups in total. The lowest BCUT2D eigenvalue weighted by Crippen LogP contribution is -2.46. The first-order valence-electron chi connectivity index (χ1n) is 8.37. The number of carbonyl (C=O) groups excluding carboxylic acids is 4. The van der Waals surface area contributed by atoms with Gasteiger partial charge in [-0.2, -0.15) is 0 Å². The van der Waals surface area contributed by atoms with Crippen molar-refractivity contribution < 1.29 is 28.7 Å². The van der Waals surface area contributed by atoms with E-state index in [4.69, 9.17) is 9.47 Å². The molecule has 23 heavy (non-hydrogen) atoms. The summed E-state index contributed by atoms with van der Waals surface area (Å²) in [5.41, 5.74) is 0. The van der Waals surface area contributed by atoms with Crippen LogP contribution in [0.4, 0.5) is 0 Å². The van der Waals surface area contributed by atoms with Crippen LogP contribution in [0.25, 0.3) is 0 Å². The molecule has 4 bridgehead atoms. The zero-order valence-corrected chi connectivity index (χ0v) is 12.7. The van der Waals surface area contributed by atoms with E-state index in [1.54, 1.807) is 0 Å². The van der Waals surface area contributed by atoms with Crippen molar-refractivity contribution in [2.75, 3.05) is 7.11 Å². The van der Waals surface area contributed by atoms with E-state index in [1.807, 2.05) is 0 Å². The van der Waals surface area contributed by atoms with E-state index in [0.717, 1.165) is 19.1 Å². The lowest BCUT2D eigenvalue weighted by atomic mass is 9.59. The Kier molecular flexibility index (Phi) is 2.51. The van der Waals surface area contributed by atoms with Crippen LogP contribution in [-0.4, -0.2) is 31.3 Å². The predicted octanol–water partition coefficient (Wildman–Crippen LogP) is 0.438. The molecule has 1 saturated heterocycles. The summed E-state index contributed by atoms with van der Waals surface area (Å²) in [6, 6.07) is 0. The molecule has 1 aliphatic heterocycles. The van der Waals surface area contributed by atoms with Crippen LogP contribution in [0, 0.1) is 59.2 Å². The summed E-state index contributed by atoms with van der Waals surface area (Å²) in [6.45, 7) is 0. The second-order valence-corrected chi connectivity index (χ2v) is 7.84. The molecular weight excluding hydrogens is 300 g/mol. The van der Waals surface area contributed by atoms with Crippen LogP contribution in [0.2, 0.25) is 0 Å². The summed E-state index contributed by atoms with van der Waals surface area (Å²) >= 11 is 0. The third-order valence-corrected chi connectivity index (χ3v) is 7.57. The molecule has 4 aliphatic carbocycles. The highest BCUT2D eigenvalue weighted by atomic mass is 16.6. The van der Waals surface area contributed by atoms with Crippen molar-refractivity contribution in [1.29, 1.82) is 0 Å². The van der Waals surface area contributed by atoms with Crippen LogP contribution in [0.15, 0.2) is 0 Å². The first-order valence-corrected chi connectivity index (χ1v) is 8.37. The van der Waals surface area contributed by atoms with Crippen LogP contribution in [0.3, 0.4) is 0 Å². The van der Waals surface area contributed by atoms with Gasteiger partial charge in [-0.1, -0.05) is 0 Å². The Bertz CT molecular complexity index is 641. The molecule has 0 aromatic heterocycles. The number of rotatable bonds is 2. The Morgan fingerprint density at radius 3 is 2.17 bits per heavy atom. The Hall–Kier alpha value is -1.72. The predicted molar refractivity (Wildman–Crippen MR) is 73.3 cm³/mol. The topological polar surface area (TPSA) is 86.7 Å². The lowest BCUT2D eigenvalue weighted by Gasteiger charge is -2.42. The minimum absolute atomic E-state index is 0.104. The molecule has 0 amide bonds. The molecule has 122 valence electrons. The first-order chi connectivity index (χ1) is 11.1. The standard InChI is InChI=1S/C17H18O6/c1-22-15(19)12-6-2-5(9(12)4-18)10-7-3-8(11(6)10)14-13(7)16(20)23-17(14)21/h4-14H,2-3H2,1H3/t5-,6-,7+,8-,9+,10?,11?,12-,13+,14-/m0/s1. The Labute approximate surface area is 132 Å². The molecule has 0 spiro atoms. The molecule has 0 radical (unpaired) electrons. The summed E-state index contributed by atoms with van der Waals surface area (Å²) in [4.78, 5) is 47.9. The van der Waals surface area contributed by atoms with Crippen LogP contribution >= 0.6 is 0 Å². The molecule has 5 rings (SSSR count). The Balaban J connectivity index is 1.54. The average Bonchev–Trinajstić information content (AvgIpc) is 3.29. The van der Waals surface area contributed by atoms with E-state index in [2.05, 4.69) is 0 Å². The van der Waals surface area contributed by atoms with Crippen molar-refractivity contribution >= 4 is 24.2 Å². The van der Waals surface area contributed by atoms with Gasteiger partial charge in [0.15, 0.2) is 0 Å². The van der Waals surface area contributed by atoms with E-state index in [0.29, 0.717) is 0 Å². The molecule has 4 saturated carbocycles. The summed E-state index contributed by atoms with van der Waals surface area (Å²) in [6.07, 6.45) is 2.61. The number of fused-ring (bicyclic) bond motifs is 12. The van der Waals surface area contributed by atoms with Gasteiger partial charge in [0.25, 0.3) is 0 Å². The fourth-order valence-electron chi connectivity index (χ4n) is 7.22. The summed E-state index contributed by atoms with van der Waals surface area (Å²) in [5.74, 6) is -1.32. The quantitative estimate of drug-likeness (QED) is 0.318. The zero-order chi connectivity index (χ0) is 16.0. The van der Waals surface area contributed by atoms with E-state index in [9.17, 15) is 19.2 Å². The van der Waals surface area contributed by atoms with Crippen molar-refractivity contribution in [3.63, 3.8) is 0 Å². The summed E-state index contributed by atoms with van der Waals surface area (Å²) < 4.78 is 9.80. The summed E-state index contributed by atoms with van der Waals surface area (Å²) in [5, 5.41) is 0. The fourth-order valence-corrected chi connectivity index (χ4v) is 7.22. The Morgan fingerprint density at radius 1 is 1.04 bits per heavy atom. The minimum atomic E-state index is -0.380. The third kappa shape index (κ3) is 1.37. The second kappa shape index (κ2) is 4.22. The number of ether oxygens (including phenoxy) is 2. The van der Waals surface area contributed by atoms with Crippen molar-refractivity contribution in [3.05, 3.63) is 0 Å². The summed E-state index contributed by atoms with van der Waals surface area (Å²) in [7, 11) is 1.36. The maximum Gasteiger partial charge on any atom is 0.317 e. The van der Waals surface area contributed by atoms with Gasteiger partial charge < -0.3 is 14.3 Å². The number of aldehydes is 1. The molecule has 1 heterocycles. The van der Waals surface area contributed by atoms with Gasteiger partial charge in [0.1, 0.15) is 6.29 Å². The van der Waals surface area contributed by atoms with Crippen LogP contribution in [-0.2, 0) is 28.7 Å². The van der Waals surface area contributed by atoms with E-state index in [1.165, 1.54) is 7.11 Å². The largest absolute Gasteiger partial charge is 0.469 e. The Morgan fingerprint density at radius 2 is 1.61 bits per heavy atom. The second-order valence-electron chi connectivity index (χ2n) is 7.84. The molecule has 0 aromatic carbocycles. The zero-order valence-electron chi connectivity index (χ0n) is 12.7. The maximum absolute atomic E-state index is 12.2. The SMILES string of the molecule is COC(=O)[C@@H]1[C@H](C=O)[C@@H]2C[C@H]1C1C2[C@H]2C[C@@H]1[C@@H]1C(=O)OC(=O)[C@@H]12. The molecule has 6 nitrogen and oxygen atoms in total. The van der Waals surface area contributed by atoms with Crippen molar-refractivity contribution in [3.8, 4) is 0 Å². The monoisotopic (exact) mass is 318 g/mol. The highest BCUT2D eigenvalue weighted by molar-refractivity contribution is 5.97. The minimum Gasteiger partial charge on any atom is -0.469 e. The lowest BCUT2D eigenvalue weighted by molar-refractivity contribution is -0.155. The van der Waals surface area contributed by atoms with Crippen molar-refractivity contribution in [1.82, 2.24) is 0 Å². The van der Waals surface area contributed by atoms with Gasteiger partial charge in [0.05, 0.1) is 24.9 Å². The molecule has 5 aliphatic rings. The number of methoxy groups -OCH3 is 1. The first kappa shape index (κ1) is 13.7. The highest BCUT2D eigenvalue weighted by Gasteiger charge is 2.74. The van der Waals surface area contributed by atoms with Gasteiger partial charge in [0.2, 0.25) is 0 Å². The number of esters is 3. The molecule has 2 unspecified atom stereocenters.